The van der Waals surface area contributed by atoms with E-state index in [1.54, 1.807) is 13.2 Å². The predicted octanol–water partition coefficient (Wildman–Crippen LogP) is 0.174. The number of nitrogens with two attached hydrogens (primary N) is 2. The molecule has 1 aromatic heterocycles. The van der Waals surface area contributed by atoms with Crippen LogP contribution >= 0.6 is 0 Å². The second-order valence-electron chi connectivity index (χ2n) is 2.59. The molecule has 0 aliphatic carbocycles. The van der Waals surface area contributed by atoms with Crippen LogP contribution in [0.2, 0.25) is 0 Å². The third-order valence-electron chi connectivity index (χ3n) is 1.49. The summed E-state index contributed by atoms with van der Waals surface area (Å²) in [6.45, 7) is 0. The van der Waals surface area contributed by atoms with Crippen LogP contribution in [0.15, 0.2) is 24.7 Å². The van der Waals surface area contributed by atoms with E-state index in [0.717, 1.165) is 11.1 Å². The number of hydrazine groups is 1. The van der Waals surface area contributed by atoms with Gasteiger partial charge in [-0.2, -0.15) is 0 Å². The van der Waals surface area contributed by atoms with Crippen molar-refractivity contribution < 1.29 is 4.39 Å². The first-order chi connectivity index (χ1) is 6.65. The largest absolute Gasteiger partial charge is 0.397 e. The van der Waals surface area contributed by atoms with Crippen LogP contribution in [-0.4, -0.2) is 12.0 Å². The molecular formula is C8H12FN5. The topological polar surface area (TPSA) is 80.2 Å². The highest BCUT2D eigenvalue weighted by Crippen LogP contribution is 2.15. The normalized spacial score (nSPS) is 10.5. The van der Waals surface area contributed by atoms with E-state index in [0.29, 0.717) is 0 Å². The van der Waals surface area contributed by atoms with Crippen molar-refractivity contribution >= 4 is 11.5 Å². The van der Waals surface area contributed by atoms with Crippen molar-refractivity contribution in [3.05, 3.63) is 30.5 Å². The van der Waals surface area contributed by atoms with Crippen molar-refractivity contribution in [3.8, 4) is 0 Å². The third kappa shape index (κ3) is 2.33. The summed E-state index contributed by atoms with van der Waals surface area (Å²) in [4.78, 5) is 3.75. The molecule has 76 valence electrons. The lowest BCUT2D eigenvalue weighted by Gasteiger charge is -2.12. The van der Waals surface area contributed by atoms with Crippen LogP contribution in [-0.2, 0) is 0 Å². The van der Waals surface area contributed by atoms with Gasteiger partial charge in [0.15, 0.2) is 11.6 Å². The van der Waals surface area contributed by atoms with Crippen LogP contribution in [0.1, 0.15) is 0 Å². The van der Waals surface area contributed by atoms with Crippen LogP contribution in [0.5, 0.6) is 0 Å². The minimum Gasteiger partial charge on any atom is -0.397 e. The zero-order chi connectivity index (χ0) is 10.6. The Labute approximate surface area is 81.2 Å². The lowest BCUT2D eigenvalue weighted by molar-refractivity contribution is 0.619. The SMILES string of the molecule is CN/C=C\N(N)c1ncc(N)cc1F. The molecule has 14 heavy (non-hydrogen) atoms. The van der Waals surface area contributed by atoms with E-state index in [1.165, 1.54) is 12.4 Å². The number of rotatable bonds is 3. The Morgan fingerprint density at radius 3 is 2.93 bits per heavy atom. The lowest BCUT2D eigenvalue weighted by Crippen LogP contribution is -2.26. The monoisotopic (exact) mass is 197 g/mol. The van der Waals surface area contributed by atoms with Crippen molar-refractivity contribution in [2.24, 2.45) is 5.84 Å². The molecule has 0 spiro atoms. The zero-order valence-corrected chi connectivity index (χ0v) is 7.74. The molecule has 0 atom stereocenters. The maximum atomic E-state index is 13.2. The zero-order valence-electron chi connectivity index (χ0n) is 7.74. The number of aromatic nitrogens is 1. The van der Waals surface area contributed by atoms with Gasteiger partial charge in [0.1, 0.15) is 0 Å². The number of halogens is 1. The summed E-state index contributed by atoms with van der Waals surface area (Å²) in [6.07, 6.45) is 4.34. The molecule has 1 aromatic rings. The summed E-state index contributed by atoms with van der Waals surface area (Å²) in [5, 5.41) is 3.78. The highest BCUT2D eigenvalue weighted by molar-refractivity contribution is 5.47. The number of pyridine rings is 1. The molecule has 0 saturated carbocycles. The Bertz CT molecular complexity index is 339. The van der Waals surface area contributed by atoms with Gasteiger partial charge in [-0.3, -0.25) is 5.01 Å². The molecule has 0 aromatic carbocycles. The minimum absolute atomic E-state index is 0.0192. The Hall–Kier alpha value is -1.82. The highest BCUT2D eigenvalue weighted by Gasteiger charge is 2.07. The van der Waals surface area contributed by atoms with Crippen molar-refractivity contribution in [2.45, 2.75) is 0 Å². The Balaban J connectivity index is 2.90. The molecular weight excluding hydrogens is 185 g/mol. The van der Waals surface area contributed by atoms with E-state index in [4.69, 9.17) is 11.6 Å². The smallest absolute Gasteiger partial charge is 0.183 e. The highest BCUT2D eigenvalue weighted by atomic mass is 19.1. The van der Waals surface area contributed by atoms with Crippen LogP contribution in [0, 0.1) is 5.82 Å². The molecule has 5 nitrogen and oxygen atoms in total. The fraction of sp³-hybridized carbons (Fsp3) is 0.125. The Kier molecular flexibility index (Phi) is 3.24. The first kappa shape index (κ1) is 10.3. The second kappa shape index (κ2) is 4.43. The van der Waals surface area contributed by atoms with E-state index in [9.17, 15) is 4.39 Å². The average molecular weight is 197 g/mol. The number of nitrogens with one attached hydrogen (secondary N) is 1. The first-order valence-electron chi connectivity index (χ1n) is 3.94. The summed E-state index contributed by atoms with van der Waals surface area (Å²) in [7, 11) is 1.71. The fourth-order valence-electron chi connectivity index (χ4n) is 0.861. The molecule has 1 rings (SSSR count). The molecule has 0 saturated heterocycles. The number of hydrogen-bond acceptors (Lipinski definition) is 5. The van der Waals surface area contributed by atoms with E-state index in [2.05, 4.69) is 10.3 Å². The number of anilines is 2. The molecule has 0 unspecified atom stereocenters. The van der Waals surface area contributed by atoms with Gasteiger partial charge in [0.05, 0.1) is 11.9 Å². The molecule has 6 heteroatoms. The van der Waals surface area contributed by atoms with Crippen LogP contribution in [0.4, 0.5) is 15.9 Å². The van der Waals surface area contributed by atoms with E-state index in [1.807, 2.05) is 0 Å². The molecule has 0 fully saturated rings. The lowest BCUT2D eigenvalue weighted by atomic mass is 10.4. The van der Waals surface area contributed by atoms with Gasteiger partial charge >= 0.3 is 0 Å². The van der Waals surface area contributed by atoms with Crippen LogP contribution in [0.25, 0.3) is 0 Å². The van der Waals surface area contributed by atoms with Crippen molar-refractivity contribution in [3.63, 3.8) is 0 Å². The molecule has 1 heterocycles. The van der Waals surface area contributed by atoms with Gasteiger partial charge in [-0.1, -0.05) is 0 Å². The standard InChI is InChI=1S/C8H12FN5/c1-12-2-3-14(11)8-7(9)4-6(10)5-13-8/h2-5,12H,10-11H2,1H3/b3-2-. The van der Waals surface area contributed by atoms with E-state index in [-0.39, 0.29) is 11.5 Å². The Morgan fingerprint density at radius 1 is 1.64 bits per heavy atom. The van der Waals surface area contributed by atoms with Gasteiger partial charge in [0.2, 0.25) is 0 Å². The Morgan fingerprint density at radius 2 is 2.36 bits per heavy atom. The van der Waals surface area contributed by atoms with E-state index < -0.39 is 5.82 Å². The summed E-state index contributed by atoms with van der Waals surface area (Å²) in [5.74, 6) is 4.95. The third-order valence-corrected chi connectivity index (χ3v) is 1.49. The average Bonchev–Trinajstić information content (AvgIpc) is 2.14. The summed E-state index contributed by atoms with van der Waals surface area (Å²) in [6, 6.07) is 1.16. The van der Waals surface area contributed by atoms with Crippen molar-refractivity contribution in [1.29, 1.82) is 0 Å². The molecule has 0 amide bonds. The van der Waals surface area contributed by atoms with Crippen LogP contribution in [0.3, 0.4) is 0 Å². The summed E-state index contributed by atoms with van der Waals surface area (Å²) < 4.78 is 13.2. The number of nitrogens with zero attached hydrogens (tertiary/aromatic N) is 2. The molecule has 0 aliphatic rings. The molecule has 0 bridgehead atoms. The van der Waals surface area contributed by atoms with Gasteiger partial charge in [-0.15, -0.1) is 0 Å². The van der Waals surface area contributed by atoms with Crippen LogP contribution < -0.4 is 21.9 Å². The maximum Gasteiger partial charge on any atom is 0.183 e. The van der Waals surface area contributed by atoms with Gasteiger partial charge in [-0.25, -0.2) is 15.2 Å². The van der Waals surface area contributed by atoms with Crippen molar-refractivity contribution in [2.75, 3.05) is 17.8 Å². The minimum atomic E-state index is -0.562. The second-order valence-corrected chi connectivity index (χ2v) is 2.59. The quantitative estimate of drug-likeness (QED) is 0.475. The molecule has 0 aliphatic heterocycles. The van der Waals surface area contributed by atoms with Gasteiger partial charge in [0.25, 0.3) is 0 Å². The number of nitrogen functional groups attached to an aromatic ring is 1. The van der Waals surface area contributed by atoms with Gasteiger partial charge in [-0.05, 0) is 0 Å². The van der Waals surface area contributed by atoms with Gasteiger partial charge in [0, 0.05) is 25.5 Å². The molecule has 0 radical (unpaired) electrons. The maximum absolute atomic E-state index is 13.2. The first-order valence-corrected chi connectivity index (χ1v) is 3.94. The summed E-state index contributed by atoms with van der Waals surface area (Å²) >= 11 is 0. The summed E-state index contributed by atoms with van der Waals surface area (Å²) in [5.41, 5.74) is 5.60. The molecule has 5 N–H and O–H groups in total. The van der Waals surface area contributed by atoms with E-state index >= 15 is 0 Å². The fourth-order valence-corrected chi connectivity index (χ4v) is 0.861. The van der Waals surface area contributed by atoms with Crippen molar-refractivity contribution in [1.82, 2.24) is 10.3 Å². The van der Waals surface area contributed by atoms with Gasteiger partial charge < -0.3 is 11.1 Å². The number of hydrogen-bond donors (Lipinski definition) is 3. The predicted molar refractivity (Wildman–Crippen MR) is 53.5 cm³/mol.